The van der Waals surface area contributed by atoms with Crippen LogP contribution in [0.25, 0.3) is 11.3 Å². The number of nitrogens with zero attached hydrogens (tertiary/aromatic N) is 2. The third-order valence-corrected chi connectivity index (χ3v) is 5.71. The van der Waals surface area contributed by atoms with Crippen molar-refractivity contribution in [1.29, 1.82) is 0 Å². The summed E-state index contributed by atoms with van der Waals surface area (Å²) in [5.41, 5.74) is 1.76. The van der Waals surface area contributed by atoms with Gasteiger partial charge in [-0.05, 0) is 49.2 Å². The maximum atomic E-state index is 12.6. The summed E-state index contributed by atoms with van der Waals surface area (Å²) < 4.78 is 5.39. The second kappa shape index (κ2) is 8.15. The van der Waals surface area contributed by atoms with Gasteiger partial charge >= 0.3 is 6.03 Å². The van der Waals surface area contributed by atoms with E-state index in [0.717, 1.165) is 49.4 Å². The van der Waals surface area contributed by atoms with Crippen molar-refractivity contribution >= 4 is 11.7 Å². The van der Waals surface area contributed by atoms with E-state index in [9.17, 15) is 9.90 Å². The topological polar surface area (TPSA) is 69.0 Å². The zero-order valence-electron chi connectivity index (χ0n) is 15.5. The van der Waals surface area contributed by atoms with Gasteiger partial charge in [0.2, 0.25) is 0 Å². The van der Waals surface area contributed by atoms with Gasteiger partial charge in [0.25, 0.3) is 0 Å². The van der Waals surface area contributed by atoms with Crippen molar-refractivity contribution in [2.75, 3.05) is 31.5 Å². The van der Waals surface area contributed by atoms with Crippen LogP contribution in [0.5, 0.6) is 0 Å². The van der Waals surface area contributed by atoms with Crippen LogP contribution >= 0.6 is 0 Å². The Kier molecular flexibility index (Phi) is 5.45. The molecular weight excluding hydrogens is 342 g/mol. The molecule has 0 bridgehead atoms. The Balaban J connectivity index is 1.29. The van der Waals surface area contributed by atoms with E-state index in [2.05, 4.69) is 10.2 Å². The minimum Gasteiger partial charge on any atom is -0.464 e. The van der Waals surface area contributed by atoms with E-state index in [1.54, 1.807) is 6.26 Å². The SMILES string of the molecule is O=C(Nc1ccc(-c2ccco2)cc1)N1CCN([C@H]2CCCC[C@@H]2O)CC1. The van der Waals surface area contributed by atoms with Gasteiger partial charge < -0.3 is 19.7 Å². The Bertz CT molecular complexity index is 737. The Hall–Kier alpha value is -2.31. The van der Waals surface area contributed by atoms with Crippen molar-refractivity contribution < 1.29 is 14.3 Å². The van der Waals surface area contributed by atoms with E-state index < -0.39 is 0 Å². The number of piperazine rings is 1. The first-order chi connectivity index (χ1) is 13.2. The fourth-order valence-electron chi connectivity index (χ4n) is 4.14. The average molecular weight is 369 g/mol. The largest absolute Gasteiger partial charge is 0.464 e. The fourth-order valence-corrected chi connectivity index (χ4v) is 4.14. The molecule has 2 N–H and O–H groups in total. The van der Waals surface area contributed by atoms with Crippen LogP contribution in [-0.2, 0) is 0 Å². The second-order valence-corrected chi connectivity index (χ2v) is 7.43. The van der Waals surface area contributed by atoms with Gasteiger partial charge in [-0.3, -0.25) is 4.90 Å². The summed E-state index contributed by atoms with van der Waals surface area (Å²) >= 11 is 0. The molecule has 1 saturated carbocycles. The highest BCUT2D eigenvalue weighted by atomic mass is 16.3. The number of aliphatic hydroxyl groups is 1. The molecule has 144 valence electrons. The number of anilines is 1. The van der Waals surface area contributed by atoms with Crippen molar-refractivity contribution in [2.24, 2.45) is 0 Å². The monoisotopic (exact) mass is 369 g/mol. The lowest BCUT2D eigenvalue weighted by atomic mass is 9.91. The molecule has 2 fully saturated rings. The van der Waals surface area contributed by atoms with E-state index in [0.29, 0.717) is 13.1 Å². The minimum atomic E-state index is -0.216. The van der Waals surface area contributed by atoms with Crippen molar-refractivity contribution in [2.45, 2.75) is 37.8 Å². The molecule has 0 unspecified atom stereocenters. The molecule has 2 aromatic rings. The van der Waals surface area contributed by atoms with E-state index in [-0.39, 0.29) is 18.2 Å². The fraction of sp³-hybridized carbons (Fsp3) is 0.476. The van der Waals surface area contributed by atoms with Crippen molar-refractivity contribution in [3.63, 3.8) is 0 Å². The van der Waals surface area contributed by atoms with Gasteiger partial charge in [-0.1, -0.05) is 12.8 Å². The summed E-state index contributed by atoms with van der Waals surface area (Å²) in [6, 6.07) is 11.6. The summed E-state index contributed by atoms with van der Waals surface area (Å²) in [6.45, 7) is 3.04. The number of urea groups is 1. The quantitative estimate of drug-likeness (QED) is 0.870. The predicted molar refractivity (Wildman–Crippen MR) is 105 cm³/mol. The lowest BCUT2D eigenvalue weighted by Crippen LogP contribution is -2.56. The Morgan fingerprint density at radius 1 is 1.04 bits per heavy atom. The first kappa shape index (κ1) is 18.1. The molecule has 1 aromatic carbocycles. The first-order valence-electron chi connectivity index (χ1n) is 9.83. The number of benzene rings is 1. The maximum Gasteiger partial charge on any atom is 0.321 e. The lowest BCUT2D eigenvalue weighted by molar-refractivity contribution is 0.00275. The smallest absolute Gasteiger partial charge is 0.321 e. The molecule has 6 heteroatoms. The number of hydrogen-bond donors (Lipinski definition) is 2. The van der Waals surface area contributed by atoms with Crippen LogP contribution in [0.1, 0.15) is 25.7 Å². The molecule has 1 aromatic heterocycles. The van der Waals surface area contributed by atoms with Crippen molar-refractivity contribution in [3.05, 3.63) is 42.7 Å². The van der Waals surface area contributed by atoms with Crippen LogP contribution < -0.4 is 5.32 Å². The molecule has 2 heterocycles. The van der Waals surface area contributed by atoms with Crippen LogP contribution in [0.3, 0.4) is 0 Å². The van der Waals surface area contributed by atoms with Crippen molar-refractivity contribution in [1.82, 2.24) is 9.80 Å². The van der Waals surface area contributed by atoms with Gasteiger partial charge in [0.15, 0.2) is 0 Å². The van der Waals surface area contributed by atoms with Crippen LogP contribution in [0.15, 0.2) is 47.1 Å². The predicted octanol–water partition coefficient (Wildman–Crippen LogP) is 3.40. The minimum absolute atomic E-state index is 0.0652. The zero-order chi connectivity index (χ0) is 18.6. The molecule has 2 atom stereocenters. The molecule has 4 rings (SSSR count). The molecule has 27 heavy (non-hydrogen) atoms. The number of carbonyl (C=O) groups is 1. The summed E-state index contributed by atoms with van der Waals surface area (Å²) in [6.07, 6.45) is 5.72. The zero-order valence-corrected chi connectivity index (χ0v) is 15.5. The number of rotatable bonds is 3. The summed E-state index contributed by atoms with van der Waals surface area (Å²) in [7, 11) is 0. The van der Waals surface area contributed by atoms with E-state index in [1.165, 1.54) is 6.42 Å². The molecule has 0 radical (unpaired) electrons. The van der Waals surface area contributed by atoms with E-state index >= 15 is 0 Å². The normalized spacial score (nSPS) is 24.0. The molecule has 0 spiro atoms. The average Bonchev–Trinajstić information content (AvgIpc) is 3.24. The Morgan fingerprint density at radius 2 is 1.78 bits per heavy atom. The molecule has 1 aliphatic heterocycles. The number of carbonyl (C=O) groups excluding carboxylic acids is 1. The van der Waals surface area contributed by atoms with Gasteiger partial charge in [-0.2, -0.15) is 0 Å². The van der Waals surface area contributed by atoms with Crippen LogP contribution in [-0.4, -0.2) is 59.3 Å². The maximum absolute atomic E-state index is 12.6. The summed E-state index contributed by atoms with van der Waals surface area (Å²) in [5.74, 6) is 0.814. The molecular formula is C21H27N3O3. The van der Waals surface area contributed by atoms with Crippen LogP contribution in [0.4, 0.5) is 10.5 Å². The number of amides is 2. The van der Waals surface area contributed by atoms with Gasteiger partial charge in [0.1, 0.15) is 5.76 Å². The number of nitrogens with one attached hydrogen (secondary N) is 1. The van der Waals surface area contributed by atoms with Crippen molar-refractivity contribution in [3.8, 4) is 11.3 Å². The highest BCUT2D eigenvalue weighted by Gasteiger charge is 2.31. The molecule has 1 saturated heterocycles. The lowest BCUT2D eigenvalue weighted by Gasteiger charge is -2.42. The van der Waals surface area contributed by atoms with Gasteiger partial charge in [-0.15, -0.1) is 0 Å². The summed E-state index contributed by atoms with van der Waals surface area (Å²) in [5, 5.41) is 13.2. The second-order valence-electron chi connectivity index (χ2n) is 7.43. The Morgan fingerprint density at radius 3 is 2.44 bits per heavy atom. The Labute approximate surface area is 159 Å². The highest BCUT2D eigenvalue weighted by Crippen LogP contribution is 2.25. The standard InChI is InChI=1S/C21H27N3O3/c25-19-5-2-1-4-18(19)23-11-13-24(14-12-23)21(26)22-17-9-7-16(8-10-17)20-6-3-15-27-20/h3,6-10,15,18-19,25H,1-2,4-5,11-14H2,(H,22,26)/t18-,19-/m0/s1. The summed E-state index contributed by atoms with van der Waals surface area (Å²) in [4.78, 5) is 16.8. The number of hydrogen-bond acceptors (Lipinski definition) is 4. The molecule has 2 aliphatic rings. The number of furan rings is 1. The third kappa shape index (κ3) is 4.17. The first-order valence-corrected chi connectivity index (χ1v) is 9.83. The molecule has 2 amide bonds. The third-order valence-electron chi connectivity index (χ3n) is 5.71. The van der Waals surface area contributed by atoms with Gasteiger partial charge in [0.05, 0.1) is 12.4 Å². The van der Waals surface area contributed by atoms with Gasteiger partial charge in [0, 0.05) is 43.5 Å². The molecule has 1 aliphatic carbocycles. The molecule has 6 nitrogen and oxygen atoms in total. The number of aliphatic hydroxyl groups excluding tert-OH is 1. The highest BCUT2D eigenvalue weighted by molar-refractivity contribution is 5.89. The van der Waals surface area contributed by atoms with Gasteiger partial charge in [-0.25, -0.2) is 4.79 Å². The van der Waals surface area contributed by atoms with E-state index in [1.807, 2.05) is 41.3 Å². The van der Waals surface area contributed by atoms with Crippen LogP contribution in [0, 0.1) is 0 Å². The van der Waals surface area contributed by atoms with E-state index in [4.69, 9.17) is 4.42 Å². The van der Waals surface area contributed by atoms with Crippen LogP contribution in [0.2, 0.25) is 0 Å².